The molecule has 1 aromatic rings. The second kappa shape index (κ2) is 10.1. The molecule has 1 unspecified atom stereocenters. The number of carbonyl (C=O) groups excluding carboxylic acids is 2. The van der Waals surface area contributed by atoms with Gasteiger partial charge in [0.2, 0.25) is 11.8 Å². The molecular formula is C20H32N2O2. The van der Waals surface area contributed by atoms with Crippen LogP contribution in [0.1, 0.15) is 58.1 Å². The van der Waals surface area contributed by atoms with Gasteiger partial charge >= 0.3 is 0 Å². The van der Waals surface area contributed by atoms with E-state index in [0.29, 0.717) is 31.8 Å². The number of benzene rings is 1. The van der Waals surface area contributed by atoms with E-state index in [4.69, 9.17) is 0 Å². The Morgan fingerprint density at radius 2 is 1.83 bits per heavy atom. The largest absolute Gasteiger partial charge is 0.354 e. The van der Waals surface area contributed by atoms with Crippen LogP contribution in [0.15, 0.2) is 24.3 Å². The SMILES string of the molecule is CCCC(=O)N(Cc1ccccc1C)C(CC)C(=O)NCC(C)C. The highest BCUT2D eigenvalue weighted by atomic mass is 16.2. The first-order valence-corrected chi connectivity index (χ1v) is 9.02. The summed E-state index contributed by atoms with van der Waals surface area (Å²) in [5.74, 6) is 0.388. The average molecular weight is 332 g/mol. The zero-order chi connectivity index (χ0) is 18.1. The monoisotopic (exact) mass is 332 g/mol. The van der Waals surface area contributed by atoms with Gasteiger partial charge in [-0.15, -0.1) is 0 Å². The number of nitrogens with one attached hydrogen (secondary N) is 1. The van der Waals surface area contributed by atoms with E-state index in [9.17, 15) is 9.59 Å². The highest BCUT2D eigenvalue weighted by Crippen LogP contribution is 2.16. The van der Waals surface area contributed by atoms with Gasteiger partial charge in [0.25, 0.3) is 0 Å². The molecule has 1 rings (SSSR count). The van der Waals surface area contributed by atoms with Gasteiger partial charge in [-0.2, -0.15) is 0 Å². The fraction of sp³-hybridized carbons (Fsp3) is 0.600. The van der Waals surface area contributed by atoms with Crippen LogP contribution in [0.3, 0.4) is 0 Å². The first kappa shape index (κ1) is 20.2. The van der Waals surface area contributed by atoms with Crippen molar-refractivity contribution in [3.05, 3.63) is 35.4 Å². The Morgan fingerprint density at radius 3 is 2.38 bits per heavy atom. The van der Waals surface area contributed by atoms with Crippen LogP contribution in [0.5, 0.6) is 0 Å². The van der Waals surface area contributed by atoms with Crippen molar-refractivity contribution in [2.75, 3.05) is 6.54 Å². The lowest BCUT2D eigenvalue weighted by Gasteiger charge is -2.31. The maximum Gasteiger partial charge on any atom is 0.242 e. The van der Waals surface area contributed by atoms with E-state index >= 15 is 0 Å². The summed E-state index contributed by atoms with van der Waals surface area (Å²) in [7, 11) is 0. The quantitative estimate of drug-likeness (QED) is 0.750. The number of nitrogens with zero attached hydrogens (tertiary/aromatic N) is 1. The molecule has 24 heavy (non-hydrogen) atoms. The zero-order valence-corrected chi connectivity index (χ0v) is 15.8. The molecule has 0 fully saturated rings. The van der Waals surface area contributed by atoms with E-state index in [1.807, 2.05) is 45.0 Å². The molecule has 1 aromatic carbocycles. The summed E-state index contributed by atoms with van der Waals surface area (Å²) in [5, 5.41) is 2.98. The highest BCUT2D eigenvalue weighted by Gasteiger charge is 2.28. The molecule has 0 aromatic heterocycles. The van der Waals surface area contributed by atoms with Gasteiger partial charge in [-0.25, -0.2) is 0 Å². The van der Waals surface area contributed by atoms with Crippen molar-refractivity contribution in [1.82, 2.24) is 10.2 Å². The molecule has 0 bridgehead atoms. The third-order valence-electron chi connectivity index (χ3n) is 4.14. The van der Waals surface area contributed by atoms with Gasteiger partial charge in [0.15, 0.2) is 0 Å². The van der Waals surface area contributed by atoms with Crippen LogP contribution >= 0.6 is 0 Å². The summed E-state index contributed by atoms with van der Waals surface area (Å²) in [6, 6.07) is 7.62. The number of rotatable bonds is 9. The van der Waals surface area contributed by atoms with Crippen LogP contribution in [0, 0.1) is 12.8 Å². The maximum absolute atomic E-state index is 12.6. The van der Waals surface area contributed by atoms with Crippen molar-refractivity contribution >= 4 is 11.8 Å². The second-order valence-corrected chi connectivity index (χ2v) is 6.76. The minimum Gasteiger partial charge on any atom is -0.354 e. The minimum absolute atomic E-state index is 0.0484. The summed E-state index contributed by atoms with van der Waals surface area (Å²) in [4.78, 5) is 27.0. The number of amides is 2. The summed E-state index contributed by atoms with van der Waals surface area (Å²) >= 11 is 0. The van der Waals surface area contributed by atoms with Crippen molar-refractivity contribution < 1.29 is 9.59 Å². The molecule has 0 saturated heterocycles. The standard InChI is InChI=1S/C20H32N2O2/c1-6-10-19(23)22(14-17-12-9-8-11-16(17)5)18(7-2)20(24)21-13-15(3)4/h8-9,11-12,15,18H,6-7,10,13-14H2,1-5H3,(H,21,24). The lowest BCUT2D eigenvalue weighted by Crippen LogP contribution is -2.49. The summed E-state index contributed by atoms with van der Waals surface area (Å²) in [6.45, 7) is 11.2. The molecule has 0 aliphatic carbocycles. The Hall–Kier alpha value is -1.84. The fourth-order valence-corrected chi connectivity index (χ4v) is 2.67. The number of hydrogen-bond acceptors (Lipinski definition) is 2. The van der Waals surface area contributed by atoms with Gasteiger partial charge in [0.1, 0.15) is 6.04 Å². The van der Waals surface area contributed by atoms with Crippen LogP contribution in [0.25, 0.3) is 0 Å². The van der Waals surface area contributed by atoms with Gasteiger partial charge in [-0.05, 0) is 36.8 Å². The normalized spacial score (nSPS) is 12.1. The second-order valence-electron chi connectivity index (χ2n) is 6.76. The van der Waals surface area contributed by atoms with Gasteiger partial charge in [-0.3, -0.25) is 9.59 Å². The molecule has 1 atom stereocenters. The Balaban J connectivity index is 2.99. The molecule has 0 saturated carbocycles. The van der Waals surface area contributed by atoms with E-state index in [2.05, 4.69) is 19.2 Å². The Morgan fingerprint density at radius 1 is 1.17 bits per heavy atom. The molecule has 4 heteroatoms. The topological polar surface area (TPSA) is 49.4 Å². The molecule has 1 N–H and O–H groups in total. The third kappa shape index (κ3) is 5.99. The summed E-state index contributed by atoms with van der Waals surface area (Å²) < 4.78 is 0. The van der Waals surface area contributed by atoms with E-state index in [0.717, 1.165) is 17.5 Å². The minimum atomic E-state index is -0.414. The molecule has 134 valence electrons. The van der Waals surface area contributed by atoms with E-state index in [1.54, 1.807) is 4.90 Å². The molecule has 0 aliphatic rings. The Kier molecular flexibility index (Phi) is 8.51. The van der Waals surface area contributed by atoms with Crippen LogP contribution in [0.2, 0.25) is 0 Å². The maximum atomic E-state index is 12.6. The predicted octanol–water partition coefficient (Wildman–Crippen LogP) is 3.67. The molecule has 4 nitrogen and oxygen atoms in total. The summed E-state index contributed by atoms with van der Waals surface area (Å²) in [6.07, 6.45) is 1.87. The van der Waals surface area contributed by atoms with Crippen molar-refractivity contribution in [3.63, 3.8) is 0 Å². The van der Waals surface area contributed by atoms with E-state index < -0.39 is 6.04 Å². The Bertz CT molecular complexity index is 540. The van der Waals surface area contributed by atoms with Crippen LogP contribution < -0.4 is 5.32 Å². The molecule has 0 radical (unpaired) electrons. The molecule has 0 heterocycles. The van der Waals surface area contributed by atoms with Gasteiger partial charge in [0.05, 0.1) is 0 Å². The smallest absolute Gasteiger partial charge is 0.242 e. The Labute approximate surface area is 146 Å². The van der Waals surface area contributed by atoms with Gasteiger partial charge in [0, 0.05) is 19.5 Å². The van der Waals surface area contributed by atoms with Crippen molar-refractivity contribution in [1.29, 1.82) is 0 Å². The van der Waals surface area contributed by atoms with Crippen LogP contribution in [-0.2, 0) is 16.1 Å². The average Bonchev–Trinajstić information content (AvgIpc) is 2.54. The predicted molar refractivity (Wildman–Crippen MR) is 98.6 cm³/mol. The number of aryl methyl sites for hydroxylation is 1. The van der Waals surface area contributed by atoms with E-state index in [1.165, 1.54) is 0 Å². The molecular weight excluding hydrogens is 300 g/mol. The van der Waals surface area contributed by atoms with Crippen molar-refractivity contribution in [3.8, 4) is 0 Å². The van der Waals surface area contributed by atoms with E-state index in [-0.39, 0.29) is 11.8 Å². The van der Waals surface area contributed by atoms with Gasteiger partial charge < -0.3 is 10.2 Å². The first-order valence-electron chi connectivity index (χ1n) is 9.02. The third-order valence-corrected chi connectivity index (χ3v) is 4.14. The molecule has 0 spiro atoms. The highest BCUT2D eigenvalue weighted by molar-refractivity contribution is 5.87. The van der Waals surface area contributed by atoms with Crippen LogP contribution in [-0.4, -0.2) is 29.3 Å². The molecule has 2 amide bonds. The van der Waals surface area contributed by atoms with Gasteiger partial charge in [-0.1, -0.05) is 52.0 Å². The summed E-state index contributed by atoms with van der Waals surface area (Å²) in [5.41, 5.74) is 2.24. The zero-order valence-electron chi connectivity index (χ0n) is 15.8. The fourth-order valence-electron chi connectivity index (χ4n) is 2.67. The molecule has 0 aliphatic heterocycles. The van der Waals surface area contributed by atoms with Crippen molar-refractivity contribution in [2.45, 2.75) is 66.5 Å². The first-order chi connectivity index (χ1) is 11.4. The lowest BCUT2D eigenvalue weighted by atomic mass is 10.1. The lowest BCUT2D eigenvalue weighted by molar-refractivity contribution is -0.141. The number of carbonyl (C=O) groups is 2. The van der Waals surface area contributed by atoms with Crippen molar-refractivity contribution in [2.24, 2.45) is 5.92 Å². The number of hydrogen-bond donors (Lipinski definition) is 1. The van der Waals surface area contributed by atoms with Crippen LogP contribution in [0.4, 0.5) is 0 Å².